The molecular formula is C19H19ClFN3O. The van der Waals surface area contributed by atoms with Gasteiger partial charge in [0, 0.05) is 17.6 Å². The number of carbonyl (C=O) groups excluding carboxylic acids is 1. The topological polar surface area (TPSA) is 46.4 Å². The van der Waals surface area contributed by atoms with Crippen molar-refractivity contribution in [2.75, 3.05) is 5.32 Å². The number of halogens is 2. The van der Waals surface area contributed by atoms with E-state index >= 15 is 0 Å². The molecule has 3 aromatic rings. The summed E-state index contributed by atoms with van der Waals surface area (Å²) in [5.74, 6) is -0.00920. The van der Waals surface area contributed by atoms with Crippen LogP contribution in [0, 0.1) is 11.2 Å². The van der Waals surface area contributed by atoms with Crippen molar-refractivity contribution in [2.24, 2.45) is 5.41 Å². The van der Waals surface area contributed by atoms with E-state index in [2.05, 4.69) is 10.4 Å². The normalized spacial score (nSPS) is 11.7. The molecule has 0 spiro atoms. The number of nitrogens with one attached hydrogen (secondary N) is 1. The Balaban J connectivity index is 2.09. The summed E-state index contributed by atoms with van der Waals surface area (Å²) in [5.41, 5.74) is 2.07. The number of carbonyl (C=O) groups is 1. The van der Waals surface area contributed by atoms with Gasteiger partial charge in [0.25, 0.3) is 0 Å². The summed E-state index contributed by atoms with van der Waals surface area (Å²) >= 11 is 6.12. The SMILES string of the molecule is CC(C)(C)CC(=O)Nc1nn2ccc(Cl)cc2c1-c1ccc(F)cc1. The lowest BCUT2D eigenvalue weighted by atomic mass is 9.92. The zero-order chi connectivity index (χ0) is 18.2. The quantitative estimate of drug-likeness (QED) is 0.701. The van der Waals surface area contributed by atoms with Gasteiger partial charge in [0.2, 0.25) is 5.91 Å². The Morgan fingerprint density at radius 1 is 1.24 bits per heavy atom. The standard InChI is InChI=1S/C19H19ClFN3O/c1-19(2,3)11-16(25)22-18-17(12-4-6-14(21)7-5-12)15-10-13(20)8-9-24(15)23-18/h4-10H,11H2,1-3H3,(H,22,23,25). The fourth-order valence-corrected chi connectivity index (χ4v) is 2.83. The van der Waals surface area contributed by atoms with Crippen LogP contribution in [-0.2, 0) is 4.79 Å². The molecule has 2 aromatic heterocycles. The predicted molar refractivity (Wildman–Crippen MR) is 98.3 cm³/mol. The van der Waals surface area contributed by atoms with E-state index in [0.29, 0.717) is 22.8 Å². The van der Waals surface area contributed by atoms with Crippen LogP contribution in [0.3, 0.4) is 0 Å². The first-order chi connectivity index (χ1) is 11.7. The summed E-state index contributed by atoms with van der Waals surface area (Å²) in [5, 5.41) is 7.89. The largest absolute Gasteiger partial charge is 0.309 e. The number of nitrogens with zero attached hydrogens (tertiary/aromatic N) is 2. The summed E-state index contributed by atoms with van der Waals surface area (Å²) < 4.78 is 14.9. The number of aromatic nitrogens is 2. The molecule has 0 unspecified atom stereocenters. The van der Waals surface area contributed by atoms with Crippen LogP contribution in [0.25, 0.3) is 16.6 Å². The van der Waals surface area contributed by atoms with Gasteiger partial charge in [-0.05, 0) is 35.2 Å². The molecule has 1 amide bonds. The highest BCUT2D eigenvalue weighted by Crippen LogP contribution is 2.34. The van der Waals surface area contributed by atoms with E-state index < -0.39 is 0 Å². The van der Waals surface area contributed by atoms with Gasteiger partial charge in [-0.3, -0.25) is 4.79 Å². The Morgan fingerprint density at radius 2 is 1.92 bits per heavy atom. The third-order valence-electron chi connectivity index (χ3n) is 3.68. The second kappa shape index (κ2) is 6.48. The minimum atomic E-state index is -0.323. The summed E-state index contributed by atoms with van der Waals surface area (Å²) in [6, 6.07) is 9.57. The first kappa shape index (κ1) is 17.4. The molecule has 1 N–H and O–H groups in total. The Hall–Kier alpha value is -2.40. The zero-order valence-corrected chi connectivity index (χ0v) is 15.1. The fraction of sp³-hybridized carbons (Fsp3) is 0.263. The third-order valence-corrected chi connectivity index (χ3v) is 3.91. The van der Waals surface area contributed by atoms with Gasteiger partial charge in [-0.2, -0.15) is 0 Å². The number of benzene rings is 1. The van der Waals surface area contributed by atoms with Crippen molar-refractivity contribution in [2.45, 2.75) is 27.2 Å². The maximum atomic E-state index is 13.3. The van der Waals surface area contributed by atoms with Crippen molar-refractivity contribution < 1.29 is 9.18 Å². The highest BCUT2D eigenvalue weighted by Gasteiger charge is 2.20. The Bertz CT molecular complexity index is 926. The molecule has 0 radical (unpaired) electrons. The van der Waals surface area contributed by atoms with E-state index in [1.807, 2.05) is 20.8 Å². The molecule has 0 fully saturated rings. The van der Waals surface area contributed by atoms with Gasteiger partial charge in [0.05, 0.1) is 11.1 Å². The Morgan fingerprint density at radius 3 is 2.56 bits per heavy atom. The molecule has 0 bridgehead atoms. The lowest BCUT2D eigenvalue weighted by molar-refractivity contribution is -0.117. The number of rotatable bonds is 3. The maximum Gasteiger partial charge on any atom is 0.226 e. The molecule has 3 rings (SSSR count). The van der Waals surface area contributed by atoms with Crippen molar-refractivity contribution in [3.63, 3.8) is 0 Å². The number of fused-ring (bicyclic) bond motifs is 1. The molecule has 0 saturated heterocycles. The predicted octanol–water partition coefficient (Wildman–Crippen LogP) is 5.17. The van der Waals surface area contributed by atoms with Gasteiger partial charge >= 0.3 is 0 Å². The van der Waals surface area contributed by atoms with E-state index in [1.165, 1.54) is 12.1 Å². The summed E-state index contributed by atoms with van der Waals surface area (Å²) in [6.45, 7) is 5.99. The lowest BCUT2D eigenvalue weighted by Gasteiger charge is -2.17. The second-order valence-corrected chi connectivity index (χ2v) is 7.63. The summed E-state index contributed by atoms with van der Waals surface area (Å²) in [6.07, 6.45) is 2.09. The molecule has 4 nitrogen and oxygen atoms in total. The highest BCUT2D eigenvalue weighted by atomic mass is 35.5. The van der Waals surface area contributed by atoms with Crippen LogP contribution in [-0.4, -0.2) is 15.5 Å². The van der Waals surface area contributed by atoms with E-state index in [9.17, 15) is 9.18 Å². The van der Waals surface area contributed by atoms with Gasteiger partial charge in [0.1, 0.15) is 5.82 Å². The minimum absolute atomic E-state index is 0.120. The van der Waals surface area contributed by atoms with Crippen LogP contribution in [0.2, 0.25) is 5.02 Å². The number of anilines is 1. The monoisotopic (exact) mass is 359 g/mol. The van der Waals surface area contributed by atoms with Crippen molar-refractivity contribution >= 4 is 28.8 Å². The minimum Gasteiger partial charge on any atom is -0.309 e. The zero-order valence-electron chi connectivity index (χ0n) is 14.3. The molecule has 0 aliphatic heterocycles. The lowest BCUT2D eigenvalue weighted by Crippen LogP contribution is -2.20. The average molecular weight is 360 g/mol. The van der Waals surface area contributed by atoms with E-state index in [0.717, 1.165) is 11.1 Å². The van der Waals surface area contributed by atoms with Gasteiger partial charge in [-0.15, -0.1) is 5.10 Å². The molecule has 0 atom stereocenters. The van der Waals surface area contributed by atoms with Crippen molar-refractivity contribution in [3.05, 3.63) is 53.4 Å². The molecule has 6 heteroatoms. The van der Waals surface area contributed by atoms with Crippen LogP contribution in [0.4, 0.5) is 10.2 Å². The molecule has 1 aromatic carbocycles. The van der Waals surface area contributed by atoms with Gasteiger partial charge < -0.3 is 5.32 Å². The van der Waals surface area contributed by atoms with Gasteiger partial charge in [-0.1, -0.05) is 44.5 Å². The van der Waals surface area contributed by atoms with Crippen molar-refractivity contribution in [3.8, 4) is 11.1 Å². The fourth-order valence-electron chi connectivity index (χ4n) is 2.67. The first-order valence-corrected chi connectivity index (χ1v) is 8.34. The molecule has 130 valence electrons. The smallest absolute Gasteiger partial charge is 0.226 e. The van der Waals surface area contributed by atoms with Crippen molar-refractivity contribution in [1.29, 1.82) is 0 Å². The summed E-state index contributed by atoms with van der Waals surface area (Å²) in [7, 11) is 0. The van der Waals surface area contributed by atoms with Crippen LogP contribution in [0.5, 0.6) is 0 Å². The van der Waals surface area contributed by atoms with Gasteiger partial charge in [0.15, 0.2) is 5.82 Å². The van der Waals surface area contributed by atoms with Crippen molar-refractivity contribution in [1.82, 2.24) is 9.61 Å². The average Bonchev–Trinajstić information content (AvgIpc) is 2.83. The van der Waals surface area contributed by atoms with Crippen LogP contribution in [0.1, 0.15) is 27.2 Å². The number of hydrogen-bond acceptors (Lipinski definition) is 2. The van der Waals surface area contributed by atoms with Gasteiger partial charge in [-0.25, -0.2) is 8.91 Å². The molecule has 0 aliphatic rings. The summed E-state index contributed by atoms with van der Waals surface area (Å²) in [4.78, 5) is 12.4. The first-order valence-electron chi connectivity index (χ1n) is 7.97. The second-order valence-electron chi connectivity index (χ2n) is 7.19. The molecule has 0 saturated carbocycles. The number of hydrogen-bond donors (Lipinski definition) is 1. The molecular weight excluding hydrogens is 341 g/mol. The Labute approximate surface area is 150 Å². The molecule has 0 aliphatic carbocycles. The number of pyridine rings is 1. The van der Waals surface area contributed by atoms with Crippen LogP contribution >= 0.6 is 11.6 Å². The van der Waals surface area contributed by atoms with Crippen LogP contribution in [0.15, 0.2) is 42.6 Å². The molecule has 25 heavy (non-hydrogen) atoms. The molecule has 2 heterocycles. The highest BCUT2D eigenvalue weighted by molar-refractivity contribution is 6.31. The van der Waals surface area contributed by atoms with E-state index in [1.54, 1.807) is 35.0 Å². The number of amides is 1. The van der Waals surface area contributed by atoms with E-state index in [4.69, 9.17) is 11.6 Å². The maximum absolute atomic E-state index is 13.3. The van der Waals surface area contributed by atoms with Crippen LogP contribution < -0.4 is 5.32 Å². The third kappa shape index (κ3) is 3.99. The Kier molecular flexibility index (Phi) is 4.52. The van der Waals surface area contributed by atoms with E-state index in [-0.39, 0.29) is 17.1 Å².